The standard InChI is InChI=1S/C54H70N10O5/c1-7-35-12-14-36(15-13-35)33(2)55-50(67)45-26-40(65)30-64(45)51(68)48(53(4,5)6)57-52(69)62-31-54(32-62)28-39(29-54)61-21-16-37(17-22-61)60-23-18-38(19-24-60)63-25-20-43-47(34(63)3)42-27-44(58-59-49(42)56-43)41-10-8-9-11-46(41)66/h1,8-15,27,33-34,37-40,45,48,65-66H,16-26,28-32H2,2-6H3,(H,55,67)(H,56,59)(H,57,69)/t33-,34+,40+,45-,48+/m0/s1. The van der Waals surface area contributed by atoms with E-state index in [2.05, 4.69) is 59.4 Å². The van der Waals surface area contributed by atoms with Crippen molar-refractivity contribution in [1.82, 2.24) is 50.3 Å². The summed E-state index contributed by atoms with van der Waals surface area (Å²) in [6, 6.07) is 16.5. The van der Waals surface area contributed by atoms with Crippen molar-refractivity contribution in [3.63, 3.8) is 0 Å². The Kier molecular flexibility index (Phi) is 12.8. The van der Waals surface area contributed by atoms with Crippen molar-refractivity contribution in [2.45, 2.75) is 134 Å². The van der Waals surface area contributed by atoms with Gasteiger partial charge in [0.2, 0.25) is 11.8 Å². The molecule has 2 aromatic heterocycles. The maximum Gasteiger partial charge on any atom is 0.318 e. The highest BCUT2D eigenvalue weighted by atomic mass is 16.3. The van der Waals surface area contributed by atoms with Crippen LogP contribution in [0.15, 0.2) is 54.6 Å². The molecule has 6 aliphatic rings. The number of aromatic amines is 1. The van der Waals surface area contributed by atoms with Crippen molar-refractivity contribution < 1.29 is 24.6 Å². The highest BCUT2D eigenvalue weighted by molar-refractivity contribution is 5.93. The molecule has 10 rings (SSSR count). The smallest absolute Gasteiger partial charge is 0.318 e. The first-order chi connectivity index (χ1) is 33.1. The van der Waals surface area contributed by atoms with Crippen molar-refractivity contribution in [3.05, 3.63) is 77.0 Å². The number of urea groups is 1. The summed E-state index contributed by atoms with van der Waals surface area (Å²) in [4.78, 5) is 56.7. The van der Waals surface area contributed by atoms with Gasteiger partial charge in [0.1, 0.15) is 17.8 Å². The molecule has 5 aliphatic heterocycles. The van der Waals surface area contributed by atoms with Crippen LogP contribution in [0.2, 0.25) is 0 Å². The number of rotatable bonds is 9. The Morgan fingerprint density at radius 1 is 0.899 bits per heavy atom. The lowest BCUT2D eigenvalue weighted by Gasteiger charge is -2.61. The maximum atomic E-state index is 14.3. The van der Waals surface area contributed by atoms with E-state index in [4.69, 9.17) is 6.42 Å². The van der Waals surface area contributed by atoms with E-state index < -0.39 is 23.6 Å². The fraction of sp³-hybridized carbons (Fsp3) is 0.574. The van der Waals surface area contributed by atoms with Crippen LogP contribution in [0.3, 0.4) is 0 Å². The van der Waals surface area contributed by atoms with E-state index in [0.29, 0.717) is 42.5 Å². The number of phenols is 1. The molecule has 4 saturated heterocycles. The van der Waals surface area contributed by atoms with Crippen molar-refractivity contribution in [2.24, 2.45) is 10.8 Å². The lowest BCUT2D eigenvalue weighted by molar-refractivity contribution is -0.142. The van der Waals surface area contributed by atoms with Gasteiger partial charge in [0, 0.05) is 90.8 Å². The third-order valence-electron chi connectivity index (χ3n) is 16.8. The predicted molar refractivity (Wildman–Crippen MR) is 265 cm³/mol. The lowest BCUT2D eigenvalue weighted by Crippen LogP contribution is -2.70. The topological polar surface area (TPSA) is 173 Å². The van der Waals surface area contributed by atoms with Gasteiger partial charge in [0.05, 0.1) is 17.8 Å². The van der Waals surface area contributed by atoms with Crippen LogP contribution < -0.4 is 10.6 Å². The second-order valence-electron chi connectivity index (χ2n) is 22.3. The number of hydrogen-bond acceptors (Lipinski definition) is 10. The predicted octanol–water partition coefficient (Wildman–Crippen LogP) is 5.59. The van der Waals surface area contributed by atoms with Crippen LogP contribution in [0.5, 0.6) is 5.75 Å². The molecule has 15 nitrogen and oxygen atoms in total. The van der Waals surface area contributed by atoms with Gasteiger partial charge in [-0.1, -0.05) is 51.0 Å². The summed E-state index contributed by atoms with van der Waals surface area (Å²) in [6.45, 7) is 16.9. The number of terminal acetylenes is 1. The van der Waals surface area contributed by atoms with E-state index in [1.54, 1.807) is 6.07 Å². The summed E-state index contributed by atoms with van der Waals surface area (Å²) in [5.41, 5.74) is 5.92. The average Bonchev–Trinajstić information content (AvgIpc) is 3.90. The Balaban J connectivity index is 0.670. The van der Waals surface area contributed by atoms with Gasteiger partial charge in [0.25, 0.3) is 0 Å². The molecule has 366 valence electrons. The average molecular weight is 939 g/mol. The summed E-state index contributed by atoms with van der Waals surface area (Å²) in [7, 11) is 0. The molecule has 5 atom stereocenters. The number of piperidine rings is 2. The van der Waals surface area contributed by atoms with Crippen LogP contribution in [0, 0.1) is 23.2 Å². The second-order valence-corrected chi connectivity index (χ2v) is 22.3. The molecule has 7 heterocycles. The van der Waals surface area contributed by atoms with E-state index in [9.17, 15) is 24.6 Å². The number of carbonyl (C=O) groups is 3. The molecule has 4 amide bonds. The molecule has 5 fully saturated rings. The Bertz CT molecular complexity index is 2590. The fourth-order valence-corrected chi connectivity index (χ4v) is 12.8. The third-order valence-corrected chi connectivity index (χ3v) is 16.8. The number of amides is 4. The van der Waals surface area contributed by atoms with Gasteiger partial charge in [-0.3, -0.25) is 14.5 Å². The molecule has 0 unspecified atom stereocenters. The van der Waals surface area contributed by atoms with Crippen molar-refractivity contribution in [1.29, 1.82) is 0 Å². The van der Waals surface area contributed by atoms with Gasteiger partial charge >= 0.3 is 6.03 Å². The number of β-amino-alcohol motifs (C(OH)–C–C–N with tert-alkyl or cyclic N) is 1. The molecular weight excluding hydrogens is 869 g/mol. The Morgan fingerprint density at radius 3 is 2.23 bits per heavy atom. The lowest BCUT2D eigenvalue weighted by atomic mass is 9.60. The molecule has 1 aliphatic carbocycles. The van der Waals surface area contributed by atoms with E-state index >= 15 is 0 Å². The van der Waals surface area contributed by atoms with Gasteiger partial charge in [-0.2, -0.15) is 0 Å². The number of likely N-dealkylation sites (tertiary alicyclic amines) is 4. The van der Waals surface area contributed by atoms with Crippen LogP contribution >= 0.6 is 0 Å². The number of benzene rings is 2. The number of fused-ring (bicyclic) bond motifs is 3. The van der Waals surface area contributed by atoms with Crippen molar-refractivity contribution in [3.8, 4) is 29.4 Å². The summed E-state index contributed by atoms with van der Waals surface area (Å²) >= 11 is 0. The number of carbonyl (C=O) groups excluding carboxylic acids is 3. The summed E-state index contributed by atoms with van der Waals surface area (Å²) in [6.07, 6.45) is 12.7. The number of nitrogens with one attached hydrogen (secondary N) is 3. The molecule has 1 saturated carbocycles. The molecule has 69 heavy (non-hydrogen) atoms. The van der Waals surface area contributed by atoms with Crippen LogP contribution in [0.1, 0.15) is 114 Å². The zero-order chi connectivity index (χ0) is 48.4. The van der Waals surface area contributed by atoms with E-state index in [1.165, 1.54) is 41.8 Å². The largest absolute Gasteiger partial charge is 0.507 e. The molecule has 1 spiro atoms. The fourth-order valence-electron chi connectivity index (χ4n) is 12.8. The first-order valence-electron chi connectivity index (χ1n) is 25.4. The summed E-state index contributed by atoms with van der Waals surface area (Å²) in [5, 5.41) is 37.4. The number of aromatic hydroxyl groups is 1. The summed E-state index contributed by atoms with van der Waals surface area (Å²) in [5.74, 6) is 2.12. The quantitative estimate of drug-likeness (QED) is 0.133. The monoisotopic (exact) mass is 939 g/mol. The minimum absolute atomic E-state index is 0.0307. The van der Waals surface area contributed by atoms with Crippen LogP contribution in [-0.2, 0) is 16.0 Å². The third kappa shape index (κ3) is 9.21. The zero-order valence-corrected chi connectivity index (χ0v) is 41.0. The molecule has 4 aromatic rings. The SMILES string of the molecule is C#Cc1ccc([C@H](C)NC(=O)[C@@H]2C[C@@H](O)CN2C(=O)[C@@H](NC(=O)N2CC3(CC(N4CCC(N5CCC(N6CCc7[nH]c8nnc(-c9ccccc9O)cc8c7[C@H]6C)CC5)CC4)C3)C2)C(C)(C)C)cc1. The van der Waals surface area contributed by atoms with E-state index in [-0.39, 0.29) is 54.1 Å². The molecular formula is C54H70N10O5. The highest BCUT2D eigenvalue weighted by Crippen LogP contribution is 2.51. The number of para-hydroxylation sites is 1. The Labute approximate surface area is 406 Å². The molecule has 0 bridgehead atoms. The van der Waals surface area contributed by atoms with E-state index in [1.807, 2.05) is 75.1 Å². The minimum Gasteiger partial charge on any atom is -0.507 e. The molecule has 2 aromatic carbocycles. The Morgan fingerprint density at radius 2 is 1.57 bits per heavy atom. The number of aromatic nitrogens is 3. The van der Waals surface area contributed by atoms with Gasteiger partial charge in [-0.15, -0.1) is 16.6 Å². The normalized spacial score (nSPS) is 24.9. The van der Waals surface area contributed by atoms with Gasteiger partial charge < -0.3 is 45.4 Å². The number of aliphatic hydroxyl groups is 1. The number of H-pyrrole nitrogens is 1. The van der Waals surface area contributed by atoms with Crippen LogP contribution in [0.25, 0.3) is 22.3 Å². The Hall–Kier alpha value is -5.53. The zero-order valence-electron chi connectivity index (χ0n) is 41.0. The maximum absolute atomic E-state index is 14.3. The molecule has 5 N–H and O–H groups in total. The number of nitrogens with zero attached hydrogens (tertiary/aromatic N) is 7. The highest BCUT2D eigenvalue weighted by Gasteiger charge is 2.56. The van der Waals surface area contributed by atoms with Crippen LogP contribution in [-0.4, -0.2) is 156 Å². The first kappa shape index (κ1) is 47.2. The van der Waals surface area contributed by atoms with Crippen molar-refractivity contribution in [2.75, 3.05) is 52.4 Å². The molecule has 0 radical (unpaired) electrons. The van der Waals surface area contributed by atoms with Gasteiger partial charge in [-0.25, -0.2) is 4.79 Å². The van der Waals surface area contributed by atoms with Gasteiger partial charge in [-0.05, 0) is 125 Å². The molecule has 15 heteroatoms. The number of hydrogen-bond donors (Lipinski definition) is 5. The van der Waals surface area contributed by atoms with Crippen LogP contribution in [0.4, 0.5) is 4.79 Å². The van der Waals surface area contributed by atoms with Crippen molar-refractivity contribution >= 4 is 28.9 Å². The second kappa shape index (κ2) is 18.7. The minimum atomic E-state index is -0.874. The van der Waals surface area contributed by atoms with E-state index in [0.717, 1.165) is 74.1 Å². The first-order valence-corrected chi connectivity index (χ1v) is 25.4. The van der Waals surface area contributed by atoms with Gasteiger partial charge in [0.15, 0.2) is 5.65 Å². The number of aliphatic hydroxyl groups excluding tert-OH is 1. The number of phenolic OH excluding ortho intramolecular Hbond substituents is 1. The summed E-state index contributed by atoms with van der Waals surface area (Å²) < 4.78 is 0.